The molecule has 0 spiro atoms. The Morgan fingerprint density at radius 2 is 2.00 bits per heavy atom. The van der Waals surface area contributed by atoms with E-state index >= 15 is 0 Å². The van der Waals surface area contributed by atoms with Crippen LogP contribution in [-0.4, -0.2) is 31.2 Å². The minimum Gasteiger partial charge on any atom is -0.376 e. The lowest BCUT2D eigenvalue weighted by Crippen LogP contribution is -2.25. The van der Waals surface area contributed by atoms with Crippen molar-refractivity contribution in [2.45, 2.75) is 39.2 Å². The molecule has 0 unspecified atom stereocenters. The van der Waals surface area contributed by atoms with Crippen molar-refractivity contribution in [1.82, 2.24) is 5.32 Å². The van der Waals surface area contributed by atoms with E-state index in [1.54, 1.807) is 0 Å². The number of nitrogens with two attached hydrogens (primary N) is 1. The molecule has 1 amide bonds. The maximum absolute atomic E-state index is 10.4. The molecule has 4 heteroatoms. The lowest BCUT2D eigenvalue weighted by atomic mass is 10.2. The zero-order valence-electron chi connectivity index (χ0n) is 9.43. The highest BCUT2D eigenvalue weighted by molar-refractivity contribution is 5.73. The standard InChI is InChI=1S/C10H22N2O2/c1-10(2,3)14-8-4-6-12-7-5-9(11)13/h12H,4-8H2,1-3H3,(H2,11,13). The summed E-state index contributed by atoms with van der Waals surface area (Å²) in [5.74, 6) is -0.261. The molecule has 0 aliphatic heterocycles. The van der Waals surface area contributed by atoms with E-state index in [2.05, 4.69) is 5.32 Å². The van der Waals surface area contributed by atoms with Gasteiger partial charge in [-0.2, -0.15) is 0 Å². The van der Waals surface area contributed by atoms with Crippen molar-refractivity contribution in [1.29, 1.82) is 0 Å². The summed E-state index contributed by atoms with van der Waals surface area (Å²) < 4.78 is 5.53. The fourth-order valence-electron chi connectivity index (χ4n) is 0.912. The summed E-state index contributed by atoms with van der Waals surface area (Å²) >= 11 is 0. The molecule has 0 fully saturated rings. The zero-order valence-corrected chi connectivity index (χ0v) is 9.43. The van der Waals surface area contributed by atoms with Crippen LogP contribution >= 0.6 is 0 Å². The van der Waals surface area contributed by atoms with Crippen molar-refractivity contribution in [3.05, 3.63) is 0 Å². The first-order valence-corrected chi connectivity index (χ1v) is 5.05. The third kappa shape index (κ3) is 11.4. The van der Waals surface area contributed by atoms with Gasteiger partial charge < -0.3 is 15.8 Å². The van der Waals surface area contributed by atoms with Crippen LogP contribution in [0.3, 0.4) is 0 Å². The lowest BCUT2D eigenvalue weighted by Gasteiger charge is -2.19. The fourth-order valence-corrected chi connectivity index (χ4v) is 0.912. The Balaban J connectivity index is 3.11. The first kappa shape index (κ1) is 13.4. The fraction of sp³-hybridized carbons (Fsp3) is 0.900. The van der Waals surface area contributed by atoms with Crippen molar-refractivity contribution >= 4 is 5.91 Å². The Hall–Kier alpha value is -0.610. The molecule has 0 atom stereocenters. The van der Waals surface area contributed by atoms with Gasteiger partial charge in [-0.15, -0.1) is 0 Å². The van der Waals surface area contributed by atoms with E-state index in [-0.39, 0.29) is 11.5 Å². The van der Waals surface area contributed by atoms with Gasteiger partial charge in [-0.25, -0.2) is 0 Å². The molecule has 0 aliphatic rings. The third-order valence-corrected chi connectivity index (χ3v) is 1.58. The second-order valence-corrected chi connectivity index (χ2v) is 4.28. The molecule has 0 rings (SSSR count). The van der Waals surface area contributed by atoms with E-state index < -0.39 is 0 Å². The molecule has 4 nitrogen and oxygen atoms in total. The molecule has 0 aromatic heterocycles. The van der Waals surface area contributed by atoms with Crippen LogP contribution in [-0.2, 0) is 9.53 Å². The van der Waals surface area contributed by atoms with Crippen LogP contribution in [0.4, 0.5) is 0 Å². The molecular formula is C10H22N2O2. The minimum atomic E-state index is -0.261. The molecule has 0 saturated heterocycles. The monoisotopic (exact) mass is 202 g/mol. The molecule has 0 heterocycles. The van der Waals surface area contributed by atoms with Crippen molar-refractivity contribution in [2.24, 2.45) is 5.73 Å². The highest BCUT2D eigenvalue weighted by atomic mass is 16.5. The quantitative estimate of drug-likeness (QED) is 0.596. The number of primary amides is 1. The third-order valence-electron chi connectivity index (χ3n) is 1.58. The molecule has 0 aromatic carbocycles. The first-order valence-electron chi connectivity index (χ1n) is 5.05. The molecule has 0 saturated carbocycles. The van der Waals surface area contributed by atoms with Crippen molar-refractivity contribution in [2.75, 3.05) is 19.7 Å². The van der Waals surface area contributed by atoms with Gasteiger partial charge in [0, 0.05) is 19.6 Å². The smallest absolute Gasteiger partial charge is 0.218 e. The van der Waals surface area contributed by atoms with Gasteiger partial charge in [0.2, 0.25) is 5.91 Å². The van der Waals surface area contributed by atoms with E-state index in [9.17, 15) is 4.79 Å². The zero-order chi connectivity index (χ0) is 11.0. The molecule has 0 aromatic rings. The van der Waals surface area contributed by atoms with Gasteiger partial charge in [-0.05, 0) is 33.7 Å². The molecule has 3 N–H and O–H groups in total. The Labute approximate surface area is 86.2 Å². The number of nitrogens with one attached hydrogen (secondary N) is 1. The molecule has 84 valence electrons. The van der Waals surface area contributed by atoms with Gasteiger partial charge in [0.15, 0.2) is 0 Å². The molecule has 0 radical (unpaired) electrons. The topological polar surface area (TPSA) is 64.3 Å². The second kappa shape index (κ2) is 6.79. The van der Waals surface area contributed by atoms with Gasteiger partial charge in [0.05, 0.1) is 5.60 Å². The largest absolute Gasteiger partial charge is 0.376 e. The Kier molecular flexibility index (Phi) is 6.49. The molecule has 14 heavy (non-hydrogen) atoms. The minimum absolute atomic E-state index is 0.0623. The van der Waals surface area contributed by atoms with E-state index in [0.717, 1.165) is 19.6 Å². The van der Waals surface area contributed by atoms with Crippen LogP contribution in [0.25, 0.3) is 0 Å². The summed E-state index contributed by atoms with van der Waals surface area (Å²) in [5, 5.41) is 3.12. The second-order valence-electron chi connectivity index (χ2n) is 4.28. The van der Waals surface area contributed by atoms with Gasteiger partial charge in [-0.3, -0.25) is 4.79 Å². The Bertz CT molecular complexity index is 164. The predicted octanol–water partition coefficient (Wildman–Crippen LogP) is 0.657. The lowest BCUT2D eigenvalue weighted by molar-refractivity contribution is -0.117. The number of hydrogen-bond acceptors (Lipinski definition) is 3. The van der Waals surface area contributed by atoms with E-state index in [1.165, 1.54) is 0 Å². The van der Waals surface area contributed by atoms with Crippen LogP contribution in [0.15, 0.2) is 0 Å². The van der Waals surface area contributed by atoms with Crippen molar-refractivity contribution in [3.63, 3.8) is 0 Å². The Morgan fingerprint density at radius 3 is 2.50 bits per heavy atom. The molecule has 0 bridgehead atoms. The number of ether oxygens (including phenoxy) is 1. The maximum Gasteiger partial charge on any atom is 0.218 e. The van der Waals surface area contributed by atoms with E-state index in [4.69, 9.17) is 10.5 Å². The Morgan fingerprint density at radius 1 is 1.36 bits per heavy atom. The number of hydrogen-bond donors (Lipinski definition) is 2. The normalized spacial score (nSPS) is 11.6. The first-order chi connectivity index (χ1) is 6.42. The average Bonchev–Trinajstić information content (AvgIpc) is 2.00. The summed E-state index contributed by atoms with van der Waals surface area (Å²) in [5.41, 5.74) is 4.92. The molecular weight excluding hydrogens is 180 g/mol. The van der Waals surface area contributed by atoms with Crippen LogP contribution in [0, 0.1) is 0 Å². The summed E-state index contributed by atoms with van der Waals surface area (Å²) in [6.45, 7) is 8.37. The highest BCUT2D eigenvalue weighted by Crippen LogP contribution is 2.06. The number of amides is 1. The summed E-state index contributed by atoms with van der Waals surface area (Å²) in [6, 6.07) is 0. The van der Waals surface area contributed by atoms with Gasteiger partial charge >= 0.3 is 0 Å². The van der Waals surface area contributed by atoms with Crippen LogP contribution < -0.4 is 11.1 Å². The number of rotatable bonds is 7. The molecule has 0 aliphatic carbocycles. The predicted molar refractivity (Wildman–Crippen MR) is 57.0 cm³/mol. The van der Waals surface area contributed by atoms with E-state index in [0.29, 0.717) is 13.0 Å². The number of carbonyl (C=O) groups excluding carboxylic acids is 1. The van der Waals surface area contributed by atoms with Gasteiger partial charge in [-0.1, -0.05) is 0 Å². The van der Waals surface area contributed by atoms with Crippen molar-refractivity contribution in [3.8, 4) is 0 Å². The maximum atomic E-state index is 10.4. The summed E-state index contributed by atoms with van der Waals surface area (Å²) in [4.78, 5) is 10.4. The van der Waals surface area contributed by atoms with Crippen molar-refractivity contribution < 1.29 is 9.53 Å². The summed E-state index contributed by atoms with van der Waals surface area (Å²) in [6.07, 6.45) is 1.36. The van der Waals surface area contributed by atoms with Gasteiger partial charge in [0.1, 0.15) is 0 Å². The SMILES string of the molecule is CC(C)(C)OCCCNCCC(N)=O. The van der Waals surface area contributed by atoms with Crippen LogP contribution in [0.1, 0.15) is 33.6 Å². The van der Waals surface area contributed by atoms with E-state index in [1.807, 2.05) is 20.8 Å². The number of carbonyl (C=O) groups is 1. The summed E-state index contributed by atoms with van der Waals surface area (Å²) in [7, 11) is 0. The average molecular weight is 202 g/mol. The van der Waals surface area contributed by atoms with Crippen LogP contribution in [0.2, 0.25) is 0 Å². The van der Waals surface area contributed by atoms with Gasteiger partial charge in [0.25, 0.3) is 0 Å². The van der Waals surface area contributed by atoms with Crippen LogP contribution in [0.5, 0.6) is 0 Å². The highest BCUT2D eigenvalue weighted by Gasteiger charge is 2.08.